The quantitative estimate of drug-likeness (QED) is 0.703. The summed E-state index contributed by atoms with van der Waals surface area (Å²) in [6.45, 7) is 5.01. The number of hydrogen-bond acceptors (Lipinski definition) is 4. The molecule has 0 bridgehead atoms. The van der Waals surface area contributed by atoms with E-state index in [4.69, 9.17) is 0 Å². The number of aryl methyl sites for hydroxylation is 1. The highest BCUT2D eigenvalue weighted by atomic mass is 32.1. The van der Waals surface area contributed by atoms with E-state index in [9.17, 15) is 0 Å². The zero-order valence-electron chi connectivity index (χ0n) is 11.4. The minimum absolute atomic E-state index is 0.942. The summed E-state index contributed by atoms with van der Waals surface area (Å²) in [7, 11) is 0. The summed E-state index contributed by atoms with van der Waals surface area (Å²) < 4.78 is 2.21. The van der Waals surface area contributed by atoms with E-state index in [0.29, 0.717) is 0 Å². The van der Waals surface area contributed by atoms with Gasteiger partial charge >= 0.3 is 0 Å². The highest BCUT2D eigenvalue weighted by molar-refractivity contribution is 7.13. The van der Waals surface area contributed by atoms with E-state index in [1.54, 1.807) is 11.3 Å². The molecule has 3 aromatic heterocycles. The van der Waals surface area contributed by atoms with Crippen molar-refractivity contribution in [1.29, 1.82) is 0 Å². The highest BCUT2D eigenvalue weighted by Crippen LogP contribution is 2.22. The van der Waals surface area contributed by atoms with Crippen molar-refractivity contribution in [2.75, 3.05) is 6.54 Å². The molecule has 0 saturated heterocycles. The maximum Gasteiger partial charge on any atom is 0.150 e. The van der Waals surface area contributed by atoms with E-state index in [1.807, 2.05) is 23.7 Å². The zero-order chi connectivity index (χ0) is 13.8. The summed E-state index contributed by atoms with van der Waals surface area (Å²) in [5.41, 5.74) is 1.38. The van der Waals surface area contributed by atoms with Crippen LogP contribution in [-0.4, -0.2) is 16.1 Å². The highest BCUT2D eigenvalue weighted by Gasteiger charge is 2.06. The van der Waals surface area contributed by atoms with E-state index in [1.165, 1.54) is 15.3 Å². The minimum atomic E-state index is 0.942. The fraction of sp³-hybridized carbons (Fsp3) is 0.267. The summed E-state index contributed by atoms with van der Waals surface area (Å²) >= 11 is 3.55. The Morgan fingerprint density at radius 3 is 2.95 bits per heavy atom. The summed E-state index contributed by atoms with van der Waals surface area (Å²) in [6, 6.07) is 6.36. The van der Waals surface area contributed by atoms with Gasteiger partial charge in [0, 0.05) is 36.9 Å². The third-order valence-corrected chi connectivity index (χ3v) is 5.13. The molecule has 20 heavy (non-hydrogen) atoms. The molecular formula is C15H17N3S2. The summed E-state index contributed by atoms with van der Waals surface area (Å²) in [6.07, 6.45) is 3.92. The molecule has 104 valence electrons. The minimum Gasteiger partial charge on any atom is -0.329 e. The predicted molar refractivity (Wildman–Crippen MR) is 86.3 cm³/mol. The molecule has 1 N–H and O–H groups in total. The van der Waals surface area contributed by atoms with Crippen LogP contribution in [0.2, 0.25) is 0 Å². The second kappa shape index (κ2) is 6.35. The lowest BCUT2D eigenvalue weighted by Gasteiger charge is -2.08. The predicted octanol–water partition coefficient (Wildman–Crippen LogP) is 3.77. The van der Waals surface area contributed by atoms with Gasteiger partial charge in [-0.15, -0.1) is 22.7 Å². The van der Waals surface area contributed by atoms with Gasteiger partial charge < -0.3 is 9.88 Å². The smallest absolute Gasteiger partial charge is 0.150 e. The molecule has 0 aliphatic rings. The van der Waals surface area contributed by atoms with Gasteiger partial charge in [0.1, 0.15) is 5.82 Å². The molecule has 0 fully saturated rings. The Morgan fingerprint density at radius 2 is 2.20 bits per heavy atom. The number of nitrogens with one attached hydrogen (secondary N) is 1. The Hall–Kier alpha value is -1.43. The van der Waals surface area contributed by atoms with Crippen LogP contribution in [0.3, 0.4) is 0 Å². The van der Waals surface area contributed by atoms with Gasteiger partial charge in [-0.05, 0) is 35.4 Å². The van der Waals surface area contributed by atoms with Gasteiger partial charge in [-0.25, -0.2) is 4.98 Å². The van der Waals surface area contributed by atoms with Gasteiger partial charge in [0.05, 0.1) is 4.88 Å². The lowest BCUT2D eigenvalue weighted by atomic mass is 10.3. The molecule has 0 atom stereocenters. The summed E-state index contributed by atoms with van der Waals surface area (Å²) in [5.74, 6) is 1.06. The van der Waals surface area contributed by atoms with Gasteiger partial charge in [0.2, 0.25) is 0 Å². The average Bonchev–Trinajstić information content (AvgIpc) is 3.16. The first-order valence-electron chi connectivity index (χ1n) is 6.63. The van der Waals surface area contributed by atoms with Crippen LogP contribution in [0.1, 0.15) is 10.4 Å². The molecular weight excluding hydrogens is 286 g/mol. The maximum absolute atomic E-state index is 4.45. The number of hydrogen-bond donors (Lipinski definition) is 1. The average molecular weight is 303 g/mol. The molecule has 0 aliphatic heterocycles. The molecule has 0 saturated carbocycles. The molecule has 3 aromatic rings. The number of imidazole rings is 1. The Balaban J connectivity index is 1.55. The molecule has 3 heterocycles. The molecule has 0 unspecified atom stereocenters. The third kappa shape index (κ3) is 3.00. The SMILES string of the molecule is Cc1ccsc1CNCCn1ccnc1-c1cccs1. The largest absolute Gasteiger partial charge is 0.329 e. The van der Waals surface area contributed by atoms with Gasteiger partial charge in [-0.3, -0.25) is 0 Å². The first kappa shape index (κ1) is 13.5. The third-order valence-electron chi connectivity index (χ3n) is 3.24. The van der Waals surface area contributed by atoms with Crippen molar-refractivity contribution in [2.45, 2.75) is 20.0 Å². The molecule has 3 nitrogen and oxygen atoms in total. The lowest BCUT2D eigenvalue weighted by Crippen LogP contribution is -2.19. The van der Waals surface area contributed by atoms with Crippen molar-refractivity contribution in [3.8, 4) is 10.7 Å². The first-order valence-corrected chi connectivity index (χ1v) is 8.39. The zero-order valence-corrected chi connectivity index (χ0v) is 13.0. The maximum atomic E-state index is 4.45. The van der Waals surface area contributed by atoms with Gasteiger partial charge in [0.25, 0.3) is 0 Å². The number of aromatic nitrogens is 2. The van der Waals surface area contributed by atoms with Crippen LogP contribution in [0, 0.1) is 6.92 Å². The van der Waals surface area contributed by atoms with Crippen molar-refractivity contribution in [2.24, 2.45) is 0 Å². The van der Waals surface area contributed by atoms with E-state index >= 15 is 0 Å². The Morgan fingerprint density at radius 1 is 1.25 bits per heavy atom. The van der Waals surface area contributed by atoms with Crippen molar-refractivity contribution < 1.29 is 0 Å². The van der Waals surface area contributed by atoms with E-state index in [2.05, 4.69) is 50.8 Å². The molecule has 0 aromatic carbocycles. The van der Waals surface area contributed by atoms with Crippen molar-refractivity contribution in [3.63, 3.8) is 0 Å². The molecule has 5 heteroatoms. The monoisotopic (exact) mass is 303 g/mol. The summed E-state index contributed by atoms with van der Waals surface area (Å²) in [5, 5.41) is 7.74. The van der Waals surface area contributed by atoms with E-state index in [0.717, 1.165) is 25.5 Å². The van der Waals surface area contributed by atoms with Crippen molar-refractivity contribution in [3.05, 3.63) is 51.8 Å². The van der Waals surface area contributed by atoms with Crippen LogP contribution in [0.5, 0.6) is 0 Å². The molecule has 0 amide bonds. The van der Waals surface area contributed by atoms with E-state index < -0.39 is 0 Å². The summed E-state index contributed by atoms with van der Waals surface area (Å²) in [4.78, 5) is 7.10. The molecule has 3 rings (SSSR count). The van der Waals surface area contributed by atoms with Crippen LogP contribution in [-0.2, 0) is 13.1 Å². The number of nitrogens with zero attached hydrogens (tertiary/aromatic N) is 2. The standard InChI is InChI=1S/C15H17N3S2/c1-12-4-10-20-14(12)11-16-5-7-18-8-6-17-15(18)13-3-2-9-19-13/h2-4,6,8-10,16H,5,7,11H2,1H3. The molecule has 0 spiro atoms. The van der Waals surface area contributed by atoms with Crippen molar-refractivity contribution >= 4 is 22.7 Å². The number of rotatable bonds is 6. The number of thiophene rings is 2. The molecule has 0 radical (unpaired) electrons. The Bertz CT molecular complexity index is 652. The van der Waals surface area contributed by atoms with Crippen LogP contribution in [0.25, 0.3) is 10.7 Å². The van der Waals surface area contributed by atoms with E-state index in [-0.39, 0.29) is 0 Å². The second-order valence-electron chi connectivity index (χ2n) is 4.63. The van der Waals surface area contributed by atoms with Crippen LogP contribution in [0.15, 0.2) is 41.4 Å². The van der Waals surface area contributed by atoms with Gasteiger partial charge in [-0.1, -0.05) is 6.07 Å². The Kier molecular flexibility index (Phi) is 4.30. The van der Waals surface area contributed by atoms with Gasteiger partial charge in [-0.2, -0.15) is 0 Å². The van der Waals surface area contributed by atoms with Gasteiger partial charge in [0.15, 0.2) is 0 Å². The topological polar surface area (TPSA) is 29.9 Å². The lowest BCUT2D eigenvalue weighted by molar-refractivity contribution is 0.604. The second-order valence-corrected chi connectivity index (χ2v) is 6.57. The normalized spacial score (nSPS) is 11.1. The molecule has 0 aliphatic carbocycles. The van der Waals surface area contributed by atoms with Crippen LogP contribution < -0.4 is 5.32 Å². The Labute approximate surface area is 126 Å². The fourth-order valence-electron chi connectivity index (χ4n) is 2.11. The van der Waals surface area contributed by atoms with Crippen molar-refractivity contribution in [1.82, 2.24) is 14.9 Å². The van der Waals surface area contributed by atoms with Crippen LogP contribution in [0.4, 0.5) is 0 Å². The van der Waals surface area contributed by atoms with Crippen LogP contribution >= 0.6 is 22.7 Å². The first-order chi connectivity index (χ1) is 9.84. The fourth-order valence-corrected chi connectivity index (χ4v) is 3.72.